The number of sulfonamides is 1. The number of carbonyl (C=O) groups is 1. The average molecular weight is 441 g/mol. The normalized spacial score (nSPS) is 18.5. The van der Waals surface area contributed by atoms with Gasteiger partial charge in [0.1, 0.15) is 5.84 Å². The monoisotopic (exact) mass is 440 g/mol. The maximum absolute atomic E-state index is 12.5. The number of nitrogens with one attached hydrogen (secondary N) is 1. The molecule has 0 aromatic heterocycles. The molecule has 0 spiro atoms. The van der Waals surface area contributed by atoms with Crippen molar-refractivity contribution in [3.8, 4) is 0 Å². The fourth-order valence-electron chi connectivity index (χ4n) is 4.03. The molecule has 0 aliphatic carbocycles. The van der Waals surface area contributed by atoms with Crippen LogP contribution in [-0.2, 0) is 21.4 Å². The first-order valence-corrected chi connectivity index (χ1v) is 12.2. The third kappa shape index (κ3) is 4.90. The molecule has 2 aromatic rings. The van der Waals surface area contributed by atoms with Gasteiger partial charge in [-0.25, -0.2) is 8.42 Å². The van der Waals surface area contributed by atoms with E-state index in [4.69, 9.17) is 0 Å². The van der Waals surface area contributed by atoms with Crippen molar-refractivity contribution in [2.75, 3.05) is 31.6 Å². The Balaban J connectivity index is 1.31. The molecule has 1 N–H and O–H groups in total. The van der Waals surface area contributed by atoms with Gasteiger partial charge in [-0.3, -0.25) is 14.5 Å². The van der Waals surface area contributed by atoms with Gasteiger partial charge in [-0.15, -0.1) is 0 Å². The van der Waals surface area contributed by atoms with E-state index >= 15 is 0 Å². The van der Waals surface area contributed by atoms with Gasteiger partial charge in [0.25, 0.3) is 10.0 Å². The standard InChI is InChI=1S/C23H28N4O3S/c1-26(17-18-9-11-19(12-10-18)27-15-5-2-6-16-27)22(28)13-14-24-23-20-7-3-4-8-21(20)31(29,30)25-23/h3-4,7-12H,2,5-6,13-17H2,1H3,(H,24,25). The molecule has 4 rings (SSSR count). The van der Waals surface area contributed by atoms with E-state index in [1.807, 2.05) is 0 Å². The third-order valence-corrected chi connectivity index (χ3v) is 7.16. The van der Waals surface area contributed by atoms with Crippen molar-refractivity contribution < 1.29 is 13.2 Å². The Morgan fingerprint density at radius 1 is 1.06 bits per heavy atom. The molecule has 8 heteroatoms. The van der Waals surface area contributed by atoms with E-state index in [0.717, 1.165) is 18.7 Å². The van der Waals surface area contributed by atoms with E-state index in [1.54, 1.807) is 36.2 Å². The summed E-state index contributed by atoms with van der Waals surface area (Å²) in [6, 6.07) is 15.1. The van der Waals surface area contributed by atoms with Crippen LogP contribution in [0.4, 0.5) is 5.69 Å². The molecule has 0 radical (unpaired) electrons. The van der Waals surface area contributed by atoms with Crippen LogP contribution in [0.15, 0.2) is 58.4 Å². The summed E-state index contributed by atoms with van der Waals surface area (Å²) in [7, 11) is -1.77. The van der Waals surface area contributed by atoms with Crippen LogP contribution in [0.1, 0.15) is 36.8 Å². The van der Waals surface area contributed by atoms with Crippen LogP contribution in [0.5, 0.6) is 0 Å². The number of carbonyl (C=O) groups excluding carboxylic acids is 1. The molecular formula is C23H28N4O3S. The summed E-state index contributed by atoms with van der Waals surface area (Å²) in [5.74, 6) is 0.276. The smallest absolute Gasteiger partial charge is 0.263 e. The van der Waals surface area contributed by atoms with Crippen LogP contribution in [0.25, 0.3) is 0 Å². The topological polar surface area (TPSA) is 82.1 Å². The summed E-state index contributed by atoms with van der Waals surface area (Å²) in [6.45, 7) is 2.98. The Morgan fingerprint density at radius 3 is 2.52 bits per heavy atom. The van der Waals surface area contributed by atoms with Crippen molar-refractivity contribution in [3.63, 3.8) is 0 Å². The van der Waals surface area contributed by atoms with Crippen molar-refractivity contribution in [1.29, 1.82) is 0 Å². The summed E-state index contributed by atoms with van der Waals surface area (Å²) >= 11 is 0. The summed E-state index contributed by atoms with van der Waals surface area (Å²) in [6.07, 6.45) is 4.02. The number of piperidine rings is 1. The highest BCUT2D eigenvalue weighted by molar-refractivity contribution is 7.90. The number of aliphatic imine (C=N–C) groups is 1. The largest absolute Gasteiger partial charge is 0.372 e. The third-order valence-electron chi connectivity index (χ3n) is 5.76. The van der Waals surface area contributed by atoms with Gasteiger partial charge in [0.15, 0.2) is 0 Å². The minimum absolute atomic E-state index is 0.0291. The van der Waals surface area contributed by atoms with Crippen LogP contribution in [0, 0.1) is 0 Å². The van der Waals surface area contributed by atoms with E-state index in [0.29, 0.717) is 17.9 Å². The second-order valence-electron chi connectivity index (χ2n) is 8.05. The molecule has 0 saturated carbocycles. The zero-order valence-corrected chi connectivity index (χ0v) is 18.6. The number of fused-ring (bicyclic) bond motifs is 1. The molecule has 2 heterocycles. The Labute approximate surface area is 183 Å². The number of anilines is 1. The van der Waals surface area contributed by atoms with Crippen molar-refractivity contribution in [2.45, 2.75) is 37.1 Å². The van der Waals surface area contributed by atoms with Gasteiger partial charge in [0.2, 0.25) is 5.91 Å². The van der Waals surface area contributed by atoms with E-state index in [1.165, 1.54) is 24.9 Å². The van der Waals surface area contributed by atoms with Crippen LogP contribution >= 0.6 is 0 Å². The number of benzene rings is 2. The van der Waals surface area contributed by atoms with Crippen LogP contribution in [0.3, 0.4) is 0 Å². The molecule has 164 valence electrons. The zero-order valence-electron chi connectivity index (χ0n) is 17.8. The summed E-state index contributed by atoms with van der Waals surface area (Å²) < 4.78 is 26.7. The molecule has 7 nitrogen and oxygen atoms in total. The Kier molecular flexibility index (Phi) is 6.27. The lowest BCUT2D eigenvalue weighted by Gasteiger charge is -2.29. The first kappa shape index (κ1) is 21.4. The van der Waals surface area contributed by atoms with Gasteiger partial charge in [-0.1, -0.05) is 24.3 Å². The van der Waals surface area contributed by atoms with Crippen LogP contribution in [-0.4, -0.2) is 51.7 Å². The second kappa shape index (κ2) is 9.09. The van der Waals surface area contributed by atoms with E-state index < -0.39 is 10.0 Å². The number of rotatable bonds is 6. The molecular weight excluding hydrogens is 412 g/mol. The molecule has 2 aliphatic heterocycles. The van der Waals surface area contributed by atoms with Crippen LogP contribution in [0.2, 0.25) is 0 Å². The SMILES string of the molecule is CN(Cc1ccc(N2CCCCC2)cc1)C(=O)CCN=C1NS(=O)(=O)c2ccccc21. The fourth-order valence-corrected chi connectivity index (χ4v) is 5.28. The minimum Gasteiger partial charge on any atom is -0.372 e. The van der Waals surface area contributed by atoms with E-state index in [2.05, 4.69) is 38.9 Å². The molecule has 2 aromatic carbocycles. The molecule has 2 aliphatic rings. The van der Waals surface area contributed by atoms with Crippen LogP contribution < -0.4 is 9.62 Å². The van der Waals surface area contributed by atoms with Gasteiger partial charge in [-0.05, 0) is 49.1 Å². The summed E-state index contributed by atoms with van der Waals surface area (Å²) in [4.78, 5) is 21.2. The first-order chi connectivity index (χ1) is 14.9. The van der Waals surface area contributed by atoms with Gasteiger partial charge in [-0.2, -0.15) is 0 Å². The van der Waals surface area contributed by atoms with Gasteiger partial charge < -0.3 is 9.80 Å². The maximum Gasteiger partial charge on any atom is 0.263 e. The highest BCUT2D eigenvalue weighted by Gasteiger charge is 2.30. The van der Waals surface area contributed by atoms with Crippen molar-refractivity contribution in [2.24, 2.45) is 4.99 Å². The summed E-state index contributed by atoms with van der Waals surface area (Å²) in [5, 5.41) is 0. The Morgan fingerprint density at radius 2 is 1.77 bits per heavy atom. The zero-order chi connectivity index (χ0) is 21.8. The summed E-state index contributed by atoms with van der Waals surface area (Å²) in [5.41, 5.74) is 2.88. The molecule has 31 heavy (non-hydrogen) atoms. The molecule has 1 saturated heterocycles. The number of hydrogen-bond donors (Lipinski definition) is 1. The van der Waals surface area contributed by atoms with E-state index in [-0.39, 0.29) is 23.8 Å². The van der Waals surface area contributed by atoms with Crippen molar-refractivity contribution >= 4 is 27.5 Å². The fraction of sp³-hybridized carbons (Fsp3) is 0.391. The van der Waals surface area contributed by atoms with Gasteiger partial charge >= 0.3 is 0 Å². The molecule has 1 fully saturated rings. The van der Waals surface area contributed by atoms with Gasteiger partial charge in [0, 0.05) is 44.4 Å². The Bertz CT molecular complexity index is 1070. The van der Waals surface area contributed by atoms with Gasteiger partial charge in [0.05, 0.1) is 11.4 Å². The van der Waals surface area contributed by atoms with E-state index in [9.17, 15) is 13.2 Å². The molecule has 0 unspecified atom stereocenters. The lowest BCUT2D eigenvalue weighted by molar-refractivity contribution is -0.130. The molecule has 1 amide bonds. The second-order valence-corrected chi connectivity index (χ2v) is 9.70. The number of nitrogens with zero attached hydrogens (tertiary/aromatic N) is 3. The highest BCUT2D eigenvalue weighted by atomic mass is 32.2. The van der Waals surface area contributed by atoms with Crippen molar-refractivity contribution in [3.05, 3.63) is 59.7 Å². The highest BCUT2D eigenvalue weighted by Crippen LogP contribution is 2.22. The lowest BCUT2D eigenvalue weighted by atomic mass is 10.1. The quantitative estimate of drug-likeness (QED) is 0.749. The number of amidine groups is 1. The predicted molar refractivity (Wildman–Crippen MR) is 122 cm³/mol. The van der Waals surface area contributed by atoms with Crippen molar-refractivity contribution in [1.82, 2.24) is 9.62 Å². The molecule has 0 bridgehead atoms. The number of amides is 1. The average Bonchev–Trinajstić information content (AvgIpc) is 3.05. The first-order valence-electron chi connectivity index (χ1n) is 10.7. The predicted octanol–water partition coefficient (Wildman–Crippen LogP) is 2.76. The Hall–Kier alpha value is -2.87. The maximum atomic E-state index is 12.5. The minimum atomic E-state index is -3.55. The number of hydrogen-bond acceptors (Lipinski definition) is 5. The lowest BCUT2D eigenvalue weighted by Crippen LogP contribution is -2.29. The molecule has 0 atom stereocenters.